The van der Waals surface area contributed by atoms with E-state index in [-0.39, 0.29) is 23.1 Å². The molecule has 1 unspecified atom stereocenters. The van der Waals surface area contributed by atoms with Crippen molar-refractivity contribution >= 4 is 23.3 Å². The first kappa shape index (κ1) is 22.1. The maximum Gasteiger partial charge on any atom is 0.416 e. The fraction of sp³-hybridized carbons (Fsp3) is 0.391. The van der Waals surface area contributed by atoms with E-state index in [1.807, 2.05) is 0 Å². The lowest BCUT2D eigenvalue weighted by Gasteiger charge is -2.25. The van der Waals surface area contributed by atoms with Gasteiger partial charge in [0, 0.05) is 31.0 Å². The van der Waals surface area contributed by atoms with Crippen molar-refractivity contribution in [3.05, 3.63) is 58.9 Å². The number of alkyl halides is 3. The number of rotatable bonds is 4. The Morgan fingerprint density at radius 2 is 1.91 bits per heavy atom. The summed E-state index contributed by atoms with van der Waals surface area (Å²) < 4.78 is 53.0. The summed E-state index contributed by atoms with van der Waals surface area (Å²) in [6.07, 6.45) is -4.04. The summed E-state index contributed by atoms with van der Waals surface area (Å²) in [4.78, 5) is 27.7. The minimum atomic E-state index is -4.64. The van der Waals surface area contributed by atoms with Crippen molar-refractivity contribution in [3.63, 3.8) is 0 Å². The molecule has 0 bridgehead atoms. The third-order valence-electron chi connectivity index (χ3n) is 6.29. The average molecular weight is 450 g/mol. The van der Waals surface area contributed by atoms with E-state index >= 15 is 0 Å². The molecule has 32 heavy (non-hydrogen) atoms. The summed E-state index contributed by atoms with van der Waals surface area (Å²) in [5, 5.41) is 9.32. The van der Waals surface area contributed by atoms with E-state index in [1.54, 1.807) is 29.7 Å². The number of carbonyl (C=O) groups is 2. The van der Waals surface area contributed by atoms with Crippen LogP contribution in [0.5, 0.6) is 0 Å². The van der Waals surface area contributed by atoms with Crippen LogP contribution in [0.3, 0.4) is 0 Å². The molecule has 0 radical (unpaired) electrons. The molecule has 2 aromatic rings. The van der Waals surface area contributed by atoms with Crippen LogP contribution in [0.4, 0.5) is 28.9 Å². The molecule has 2 heterocycles. The van der Waals surface area contributed by atoms with Crippen molar-refractivity contribution in [1.29, 1.82) is 0 Å². The van der Waals surface area contributed by atoms with Crippen LogP contribution in [-0.4, -0.2) is 36.6 Å². The minimum absolute atomic E-state index is 0.0632. The number of carboxylic acids is 1. The molecule has 1 N–H and O–H groups in total. The summed E-state index contributed by atoms with van der Waals surface area (Å²) in [5.74, 6) is -2.27. The highest BCUT2D eigenvalue weighted by Crippen LogP contribution is 2.43. The molecule has 5 nitrogen and oxygen atoms in total. The molecular formula is C23H22F4N2O3. The smallest absolute Gasteiger partial charge is 0.416 e. The third-order valence-corrected chi connectivity index (χ3v) is 6.29. The van der Waals surface area contributed by atoms with Crippen LogP contribution in [0.1, 0.15) is 41.8 Å². The van der Waals surface area contributed by atoms with Crippen molar-refractivity contribution in [1.82, 2.24) is 0 Å². The standard InChI is InChI=1S/C23H22F4N2O3/c1-22(2)18-4-3-14(20(30)31)7-19(18)29(21(22)32)12-13-5-6-28(11-13)17-9-15(23(25,26)27)8-16(24)10-17/h3-4,7-10,13H,5-6,11-12H2,1-2H3,(H,30,31). The van der Waals surface area contributed by atoms with Gasteiger partial charge in [-0.25, -0.2) is 9.18 Å². The molecule has 4 rings (SSSR count). The van der Waals surface area contributed by atoms with Crippen molar-refractivity contribution in [2.75, 3.05) is 29.4 Å². The number of carbonyl (C=O) groups excluding carboxylic acids is 1. The Bertz CT molecular complexity index is 1100. The lowest BCUT2D eigenvalue weighted by atomic mass is 9.86. The summed E-state index contributed by atoms with van der Waals surface area (Å²) >= 11 is 0. The first-order valence-corrected chi connectivity index (χ1v) is 10.2. The molecule has 0 spiro atoms. The molecule has 1 atom stereocenters. The zero-order chi connectivity index (χ0) is 23.4. The van der Waals surface area contributed by atoms with Gasteiger partial charge in [0.2, 0.25) is 5.91 Å². The van der Waals surface area contributed by atoms with E-state index in [0.29, 0.717) is 37.8 Å². The first-order valence-electron chi connectivity index (χ1n) is 10.2. The van der Waals surface area contributed by atoms with E-state index in [2.05, 4.69) is 0 Å². The van der Waals surface area contributed by atoms with Gasteiger partial charge in [-0.3, -0.25) is 4.79 Å². The van der Waals surface area contributed by atoms with Gasteiger partial charge in [-0.2, -0.15) is 13.2 Å². The van der Waals surface area contributed by atoms with Crippen molar-refractivity contribution in [2.24, 2.45) is 5.92 Å². The van der Waals surface area contributed by atoms with Gasteiger partial charge >= 0.3 is 12.1 Å². The number of benzene rings is 2. The molecule has 2 aromatic carbocycles. The normalized spacial score (nSPS) is 20.1. The van der Waals surface area contributed by atoms with Crippen molar-refractivity contribution < 1.29 is 32.3 Å². The summed E-state index contributed by atoms with van der Waals surface area (Å²) in [5.41, 5.74) is -0.337. The maximum absolute atomic E-state index is 13.8. The van der Waals surface area contributed by atoms with Gasteiger partial charge in [0.15, 0.2) is 0 Å². The highest BCUT2D eigenvalue weighted by molar-refractivity contribution is 6.08. The van der Waals surface area contributed by atoms with Crippen LogP contribution in [0.25, 0.3) is 0 Å². The zero-order valence-electron chi connectivity index (χ0n) is 17.5. The molecular weight excluding hydrogens is 428 g/mol. The molecule has 0 saturated carbocycles. The summed E-state index contributed by atoms with van der Waals surface area (Å²) in [7, 11) is 0. The summed E-state index contributed by atoms with van der Waals surface area (Å²) in [6, 6.07) is 7.10. The highest BCUT2D eigenvalue weighted by atomic mass is 19.4. The number of aromatic carboxylic acids is 1. The number of amides is 1. The quantitative estimate of drug-likeness (QED) is 0.687. The van der Waals surface area contributed by atoms with Gasteiger partial charge in [0.25, 0.3) is 0 Å². The molecule has 2 aliphatic heterocycles. The number of halogens is 4. The Kier molecular flexibility index (Phi) is 5.18. The van der Waals surface area contributed by atoms with E-state index in [1.165, 1.54) is 12.1 Å². The Balaban J connectivity index is 1.56. The van der Waals surface area contributed by atoms with Crippen LogP contribution < -0.4 is 9.80 Å². The Morgan fingerprint density at radius 1 is 1.19 bits per heavy atom. The fourth-order valence-electron chi connectivity index (χ4n) is 4.55. The number of anilines is 2. The summed E-state index contributed by atoms with van der Waals surface area (Å²) in [6.45, 7) is 4.65. The maximum atomic E-state index is 13.8. The Labute approximate surface area is 182 Å². The van der Waals surface area contributed by atoms with E-state index in [4.69, 9.17) is 0 Å². The monoisotopic (exact) mass is 450 g/mol. The number of carboxylic acid groups (broad SMARTS) is 1. The van der Waals surface area contributed by atoms with Gasteiger partial charge in [-0.15, -0.1) is 0 Å². The number of nitrogens with zero attached hydrogens (tertiary/aromatic N) is 2. The van der Waals surface area contributed by atoms with Crippen molar-refractivity contribution in [2.45, 2.75) is 31.9 Å². The predicted molar refractivity (Wildman–Crippen MR) is 111 cm³/mol. The van der Waals surface area contributed by atoms with Crippen LogP contribution in [-0.2, 0) is 16.4 Å². The van der Waals surface area contributed by atoms with E-state index in [0.717, 1.165) is 17.7 Å². The van der Waals surface area contributed by atoms with Crippen LogP contribution >= 0.6 is 0 Å². The van der Waals surface area contributed by atoms with E-state index < -0.39 is 28.9 Å². The third kappa shape index (κ3) is 3.80. The lowest BCUT2D eigenvalue weighted by molar-refractivity contribution is -0.137. The molecule has 1 saturated heterocycles. The second-order valence-corrected chi connectivity index (χ2v) is 8.87. The molecule has 0 aromatic heterocycles. The lowest BCUT2D eigenvalue weighted by Crippen LogP contribution is -2.39. The van der Waals surface area contributed by atoms with Gasteiger partial charge in [0.1, 0.15) is 5.82 Å². The molecule has 0 aliphatic carbocycles. The Hall–Kier alpha value is -3.10. The topological polar surface area (TPSA) is 60.9 Å². The van der Waals surface area contributed by atoms with E-state index in [9.17, 15) is 32.3 Å². The minimum Gasteiger partial charge on any atom is -0.478 e. The first-order chi connectivity index (χ1) is 14.9. The zero-order valence-corrected chi connectivity index (χ0v) is 17.5. The highest BCUT2D eigenvalue weighted by Gasteiger charge is 2.45. The second kappa shape index (κ2) is 7.50. The van der Waals surface area contributed by atoms with Crippen LogP contribution in [0, 0.1) is 11.7 Å². The SMILES string of the molecule is CC1(C)C(=O)N(CC2CCN(c3cc(F)cc(C(F)(F)F)c3)C2)c2cc(C(=O)O)ccc21. The average Bonchev–Trinajstić information content (AvgIpc) is 3.24. The molecule has 2 aliphatic rings. The van der Waals surface area contributed by atoms with Crippen LogP contribution in [0.15, 0.2) is 36.4 Å². The predicted octanol–water partition coefficient (Wildman–Crippen LogP) is 4.69. The molecule has 1 fully saturated rings. The fourth-order valence-corrected chi connectivity index (χ4v) is 4.55. The van der Waals surface area contributed by atoms with Gasteiger partial charge in [0.05, 0.1) is 16.5 Å². The molecule has 1 amide bonds. The molecule has 170 valence electrons. The number of hydrogen-bond donors (Lipinski definition) is 1. The van der Waals surface area contributed by atoms with Gasteiger partial charge in [-0.05, 0) is 62.1 Å². The number of fused-ring (bicyclic) bond motifs is 1. The van der Waals surface area contributed by atoms with Crippen LogP contribution in [0.2, 0.25) is 0 Å². The van der Waals surface area contributed by atoms with Gasteiger partial charge in [-0.1, -0.05) is 6.07 Å². The number of hydrogen-bond acceptors (Lipinski definition) is 3. The van der Waals surface area contributed by atoms with Gasteiger partial charge < -0.3 is 14.9 Å². The largest absolute Gasteiger partial charge is 0.478 e. The Morgan fingerprint density at radius 3 is 2.56 bits per heavy atom. The molecule has 9 heteroatoms. The van der Waals surface area contributed by atoms with Crippen molar-refractivity contribution in [3.8, 4) is 0 Å². The second-order valence-electron chi connectivity index (χ2n) is 8.87.